The lowest BCUT2D eigenvalue weighted by Crippen LogP contribution is -2.29. The Bertz CT molecular complexity index is 777. The second-order valence-electron chi connectivity index (χ2n) is 7.50. The molecule has 6 nitrogen and oxygen atoms in total. The lowest BCUT2D eigenvalue weighted by atomic mass is 9.83. The summed E-state index contributed by atoms with van der Waals surface area (Å²) in [7, 11) is 1.61. The highest BCUT2D eigenvalue weighted by atomic mass is 16.5. The van der Waals surface area contributed by atoms with Gasteiger partial charge in [0, 0.05) is 19.3 Å². The minimum Gasteiger partial charge on any atom is -0.481 e. The van der Waals surface area contributed by atoms with Crippen LogP contribution >= 0.6 is 0 Å². The van der Waals surface area contributed by atoms with Crippen molar-refractivity contribution in [3.63, 3.8) is 0 Å². The van der Waals surface area contributed by atoms with Crippen molar-refractivity contribution in [2.75, 3.05) is 32.1 Å². The van der Waals surface area contributed by atoms with Gasteiger partial charge < -0.3 is 20.5 Å². The molecule has 0 amide bonds. The first-order valence-corrected chi connectivity index (χ1v) is 9.63. The largest absolute Gasteiger partial charge is 0.481 e. The van der Waals surface area contributed by atoms with E-state index in [0.717, 1.165) is 42.9 Å². The molecule has 1 heterocycles. The van der Waals surface area contributed by atoms with E-state index in [1.807, 2.05) is 30.3 Å². The number of nitrogens with one attached hydrogen (secondary N) is 2. The van der Waals surface area contributed by atoms with Crippen molar-refractivity contribution in [1.29, 1.82) is 0 Å². The van der Waals surface area contributed by atoms with Crippen molar-refractivity contribution < 1.29 is 14.6 Å². The van der Waals surface area contributed by atoms with E-state index in [9.17, 15) is 9.90 Å². The van der Waals surface area contributed by atoms with Crippen LogP contribution in [0.25, 0.3) is 0 Å². The molecule has 0 aliphatic heterocycles. The lowest BCUT2D eigenvalue weighted by Gasteiger charge is -2.22. The quantitative estimate of drug-likeness (QED) is 0.512. The molecular weight excluding hydrogens is 354 g/mol. The predicted molar refractivity (Wildman–Crippen MR) is 112 cm³/mol. The van der Waals surface area contributed by atoms with Crippen LogP contribution in [0.2, 0.25) is 0 Å². The van der Waals surface area contributed by atoms with E-state index in [4.69, 9.17) is 4.74 Å². The SMILES string of the molecule is COc1ncccc1NCCCNC[C@@H](C)c1cccc(C(C)(C)C(=O)O)c1. The molecule has 0 saturated heterocycles. The number of carboxylic acid groups (broad SMARTS) is 1. The number of aliphatic carboxylic acids is 1. The van der Waals surface area contributed by atoms with Gasteiger partial charge in [-0.25, -0.2) is 4.98 Å². The lowest BCUT2D eigenvalue weighted by molar-refractivity contribution is -0.142. The van der Waals surface area contributed by atoms with E-state index in [-0.39, 0.29) is 0 Å². The van der Waals surface area contributed by atoms with E-state index >= 15 is 0 Å². The molecule has 0 radical (unpaired) electrons. The van der Waals surface area contributed by atoms with Gasteiger partial charge in [0.25, 0.3) is 0 Å². The molecule has 0 fully saturated rings. The zero-order valence-corrected chi connectivity index (χ0v) is 17.2. The summed E-state index contributed by atoms with van der Waals surface area (Å²) < 4.78 is 5.23. The zero-order chi connectivity index (χ0) is 20.6. The van der Waals surface area contributed by atoms with Gasteiger partial charge in [0.05, 0.1) is 18.2 Å². The number of carbonyl (C=O) groups is 1. The summed E-state index contributed by atoms with van der Waals surface area (Å²) >= 11 is 0. The van der Waals surface area contributed by atoms with Crippen LogP contribution in [0.1, 0.15) is 44.2 Å². The molecule has 3 N–H and O–H groups in total. The minimum atomic E-state index is -0.887. The second-order valence-corrected chi connectivity index (χ2v) is 7.50. The average molecular weight is 386 g/mol. The maximum Gasteiger partial charge on any atom is 0.313 e. The van der Waals surface area contributed by atoms with E-state index in [1.165, 1.54) is 0 Å². The fraction of sp³-hybridized carbons (Fsp3) is 0.455. The first-order chi connectivity index (χ1) is 13.4. The summed E-state index contributed by atoms with van der Waals surface area (Å²) in [6.07, 6.45) is 2.68. The van der Waals surface area contributed by atoms with Crippen molar-refractivity contribution >= 4 is 11.7 Å². The Morgan fingerprint density at radius 2 is 2.04 bits per heavy atom. The maximum atomic E-state index is 11.5. The van der Waals surface area contributed by atoms with E-state index < -0.39 is 11.4 Å². The zero-order valence-electron chi connectivity index (χ0n) is 17.2. The molecule has 0 saturated carbocycles. The molecule has 6 heteroatoms. The van der Waals surface area contributed by atoms with Crippen molar-refractivity contribution in [2.24, 2.45) is 0 Å². The molecule has 2 aromatic rings. The summed E-state index contributed by atoms with van der Waals surface area (Å²) in [6, 6.07) is 11.7. The smallest absolute Gasteiger partial charge is 0.313 e. The van der Waals surface area contributed by atoms with Crippen molar-refractivity contribution in [3.05, 3.63) is 53.7 Å². The molecule has 0 bridgehead atoms. The van der Waals surface area contributed by atoms with Gasteiger partial charge in [-0.15, -0.1) is 0 Å². The summed E-state index contributed by atoms with van der Waals surface area (Å²) in [4.78, 5) is 15.7. The van der Waals surface area contributed by atoms with Gasteiger partial charge in [0.2, 0.25) is 5.88 Å². The van der Waals surface area contributed by atoms with Crippen LogP contribution in [-0.4, -0.2) is 42.8 Å². The van der Waals surface area contributed by atoms with Gasteiger partial charge in [-0.3, -0.25) is 4.79 Å². The van der Waals surface area contributed by atoms with Crippen molar-refractivity contribution in [1.82, 2.24) is 10.3 Å². The Morgan fingerprint density at radius 1 is 1.25 bits per heavy atom. The van der Waals surface area contributed by atoms with Gasteiger partial charge >= 0.3 is 5.97 Å². The van der Waals surface area contributed by atoms with Crippen LogP contribution < -0.4 is 15.4 Å². The molecule has 0 unspecified atom stereocenters. The number of hydrogen-bond acceptors (Lipinski definition) is 5. The third-order valence-electron chi connectivity index (χ3n) is 4.97. The number of ether oxygens (including phenoxy) is 1. The average Bonchev–Trinajstić information content (AvgIpc) is 2.70. The fourth-order valence-corrected chi connectivity index (χ4v) is 2.92. The molecule has 0 aliphatic rings. The Labute approximate surface area is 167 Å². The number of methoxy groups -OCH3 is 1. The predicted octanol–water partition coefficient (Wildman–Crippen LogP) is 3.65. The van der Waals surface area contributed by atoms with Crippen LogP contribution in [0.15, 0.2) is 42.6 Å². The highest BCUT2D eigenvalue weighted by Crippen LogP contribution is 2.26. The number of hydrogen-bond donors (Lipinski definition) is 3. The first kappa shape index (κ1) is 21.7. The van der Waals surface area contributed by atoms with Gasteiger partial charge in [-0.05, 0) is 56.0 Å². The third kappa shape index (κ3) is 5.70. The Morgan fingerprint density at radius 3 is 2.75 bits per heavy atom. The standard InChI is InChI=1S/C22H31N3O3/c1-16(17-8-5-9-18(14-17)22(2,3)21(26)27)15-23-11-7-13-24-19-10-6-12-25-20(19)28-4/h5-6,8-10,12,14,16,23-24H,7,11,13,15H2,1-4H3,(H,26,27)/t16-/m1/s1. The molecule has 1 atom stereocenters. The number of rotatable bonds is 11. The Balaban J connectivity index is 1.77. The van der Waals surface area contributed by atoms with Crippen LogP contribution in [0.4, 0.5) is 5.69 Å². The van der Waals surface area contributed by atoms with Gasteiger partial charge in [0.15, 0.2) is 0 Å². The number of aromatic nitrogens is 1. The monoisotopic (exact) mass is 385 g/mol. The van der Waals surface area contributed by atoms with Crippen molar-refractivity contribution in [2.45, 2.75) is 38.5 Å². The summed E-state index contributed by atoms with van der Waals surface area (Å²) in [6.45, 7) is 8.18. The molecule has 152 valence electrons. The molecular formula is C22H31N3O3. The Kier molecular flexibility index (Phi) is 7.81. The summed E-state index contributed by atoms with van der Waals surface area (Å²) in [5.41, 5.74) is 2.00. The van der Waals surface area contributed by atoms with Gasteiger partial charge in [-0.2, -0.15) is 0 Å². The van der Waals surface area contributed by atoms with Crippen LogP contribution in [0.3, 0.4) is 0 Å². The number of pyridine rings is 1. The van der Waals surface area contributed by atoms with Crippen LogP contribution in [0, 0.1) is 0 Å². The van der Waals surface area contributed by atoms with Crippen LogP contribution in [-0.2, 0) is 10.2 Å². The fourth-order valence-electron chi connectivity index (χ4n) is 2.92. The number of nitrogens with zero attached hydrogens (tertiary/aromatic N) is 1. The highest BCUT2D eigenvalue weighted by Gasteiger charge is 2.29. The first-order valence-electron chi connectivity index (χ1n) is 9.63. The number of benzene rings is 1. The van der Waals surface area contributed by atoms with E-state index in [0.29, 0.717) is 11.8 Å². The molecule has 0 spiro atoms. The minimum absolute atomic E-state index is 0.302. The molecule has 1 aromatic carbocycles. The normalized spacial score (nSPS) is 12.4. The van der Waals surface area contributed by atoms with Gasteiger partial charge in [-0.1, -0.05) is 31.2 Å². The molecule has 28 heavy (non-hydrogen) atoms. The topological polar surface area (TPSA) is 83.5 Å². The Hall–Kier alpha value is -2.60. The maximum absolute atomic E-state index is 11.5. The van der Waals surface area contributed by atoms with Crippen molar-refractivity contribution in [3.8, 4) is 5.88 Å². The molecule has 1 aromatic heterocycles. The van der Waals surface area contributed by atoms with E-state index in [1.54, 1.807) is 27.2 Å². The molecule has 0 aliphatic carbocycles. The summed E-state index contributed by atoms with van der Waals surface area (Å²) in [5, 5.41) is 16.2. The highest BCUT2D eigenvalue weighted by molar-refractivity contribution is 5.80. The second kappa shape index (κ2) is 10.1. The van der Waals surface area contributed by atoms with E-state index in [2.05, 4.69) is 28.6 Å². The number of carboxylic acids is 1. The summed E-state index contributed by atoms with van der Waals surface area (Å²) in [5.74, 6) is 0.0948. The van der Waals surface area contributed by atoms with Crippen LogP contribution in [0.5, 0.6) is 5.88 Å². The third-order valence-corrected chi connectivity index (χ3v) is 4.97. The number of anilines is 1. The molecule has 2 rings (SSSR count). The van der Waals surface area contributed by atoms with Gasteiger partial charge in [0.1, 0.15) is 0 Å².